The Morgan fingerprint density at radius 1 is 1.60 bits per heavy atom. The molecule has 1 heterocycles. The zero-order valence-corrected chi connectivity index (χ0v) is 9.16. The Bertz CT molecular complexity index is 351. The first-order chi connectivity index (χ1) is 7.20. The third-order valence-corrected chi connectivity index (χ3v) is 2.70. The van der Waals surface area contributed by atoms with Crippen LogP contribution >= 0.6 is 0 Å². The summed E-state index contributed by atoms with van der Waals surface area (Å²) in [5.74, 6) is 0.961. The number of nitrogens with one attached hydrogen (secondary N) is 1. The molecule has 2 N–H and O–H groups in total. The van der Waals surface area contributed by atoms with Gasteiger partial charge in [-0.05, 0) is 37.2 Å². The van der Waals surface area contributed by atoms with Crippen LogP contribution in [-0.2, 0) is 6.42 Å². The molecule has 0 fully saturated rings. The maximum absolute atomic E-state index is 9.81. The molecular weight excluding hydrogens is 190 g/mol. The number of ether oxygens (including phenoxy) is 1. The zero-order valence-electron chi connectivity index (χ0n) is 9.16. The van der Waals surface area contributed by atoms with Gasteiger partial charge in [-0.25, -0.2) is 0 Å². The van der Waals surface area contributed by atoms with Gasteiger partial charge in [0.05, 0.1) is 6.10 Å². The largest absolute Gasteiger partial charge is 0.490 e. The van der Waals surface area contributed by atoms with E-state index in [0.29, 0.717) is 6.54 Å². The molecule has 82 valence electrons. The van der Waals surface area contributed by atoms with Crippen LogP contribution in [0.5, 0.6) is 5.75 Å². The van der Waals surface area contributed by atoms with E-state index in [1.54, 1.807) is 0 Å². The number of hydrogen-bond donors (Lipinski definition) is 2. The molecule has 0 amide bonds. The molecule has 0 spiro atoms. The van der Waals surface area contributed by atoms with Crippen molar-refractivity contribution in [1.29, 1.82) is 0 Å². The van der Waals surface area contributed by atoms with Gasteiger partial charge >= 0.3 is 0 Å². The molecule has 0 saturated heterocycles. The summed E-state index contributed by atoms with van der Waals surface area (Å²) in [6.07, 6.45) is 0.767. The van der Waals surface area contributed by atoms with Crippen LogP contribution in [0, 0.1) is 0 Å². The van der Waals surface area contributed by atoms with Gasteiger partial charge < -0.3 is 15.2 Å². The molecular formula is C12H17NO2. The average Bonchev–Trinajstić information content (AvgIpc) is 2.57. The van der Waals surface area contributed by atoms with Crippen molar-refractivity contribution in [3.8, 4) is 5.75 Å². The molecule has 0 saturated carbocycles. The Kier molecular flexibility index (Phi) is 2.93. The molecule has 0 aromatic heterocycles. The third kappa shape index (κ3) is 2.13. The zero-order chi connectivity index (χ0) is 10.8. The summed E-state index contributed by atoms with van der Waals surface area (Å²) in [6, 6.07) is 5.92. The van der Waals surface area contributed by atoms with Crippen LogP contribution in [0.15, 0.2) is 18.2 Å². The fourth-order valence-corrected chi connectivity index (χ4v) is 1.96. The number of rotatable bonds is 3. The molecule has 0 aliphatic carbocycles. The van der Waals surface area contributed by atoms with Gasteiger partial charge in [-0.15, -0.1) is 0 Å². The van der Waals surface area contributed by atoms with Crippen LogP contribution in [0.2, 0.25) is 0 Å². The SMILES string of the molecule is CNCC(O)c1ccc2c(c1)CC(C)O2. The lowest BCUT2D eigenvalue weighted by molar-refractivity contribution is 0.177. The van der Waals surface area contributed by atoms with E-state index < -0.39 is 6.10 Å². The second-order valence-electron chi connectivity index (χ2n) is 4.07. The van der Waals surface area contributed by atoms with Crippen molar-refractivity contribution >= 4 is 0 Å². The van der Waals surface area contributed by atoms with E-state index in [2.05, 4.69) is 12.2 Å². The van der Waals surface area contributed by atoms with Gasteiger partial charge in [-0.1, -0.05) is 6.07 Å². The molecule has 2 unspecified atom stereocenters. The van der Waals surface area contributed by atoms with Crippen LogP contribution in [0.25, 0.3) is 0 Å². The summed E-state index contributed by atoms with van der Waals surface area (Å²) in [6.45, 7) is 2.64. The molecule has 2 rings (SSSR count). The predicted molar refractivity (Wildman–Crippen MR) is 59.1 cm³/mol. The van der Waals surface area contributed by atoms with Gasteiger partial charge in [-0.2, -0.15) is 0 Å². The van der Waals surface area contributed by atoms with Gasteiger partial charge in [0.2, 0.25) is 0 Å². The minimum Gasteiger partial charge on any atom is -0.490 e. The lowest BCUT2D eigenvalue weighted by Crippen LogP contribution is -2.16. The topological polar surface area (TPSA) is 41.5 Å². The number of benzene rings is 1. The Balaban J connectivity index is 2.19. The molecule has 1 aliphatic rings. The third-order valence-electron chi connectivity index (χ3n) is 2.70. The van der Waals surface area contributed by atoms with Gasteiger partial charge in [0, 0.05) is 13.0 Å². The fourth-order valence-electron chi connectivity index (χ4n) is 1.96. The van der Waals surface area contributed by atoms with E-state index >= 15 is 0 Å². The summed E-state index contributed by atoms with van der Waals surface area (Å²) in [5.41, 5.74) is 2.16. The maximum Gasteiger partial charge on any atom is 0.123 e. The highest BCUT2D eigenvalue weighted by atomic mass is 16.5. The monoisotopic (exact) mass is 207 g/mol. The van der Waals surface area contributed by atoms with Crippen molar-refractivity contribution in [2.24, 2.45) is 0 Å². The van der Waals surface area contributed by atoms with E-state index in [9.17, 15) is 5.11 Å². The van der Waals surface area contributed by atoms with E-state index in [1.165, 1.54) is 5.56 Å². The summed E-state index contributed by atoms with van der Waals surface area (Å²) < 4.78 is 5.60. The average molecular weight is 207 g/mol. The number of hydrogen-bond acceptors (Lipinski definition) is 3. The summed E-state index contributed by atoms with van der Waals surface area (Å²) in [4.78, 5) is 0. The van der Waals surface area contributed by atoms with Gasteiger partial charge in [0.25, 0.3) is 0 Å². The smallest absolute Gasteiger partial charge is 0.123 e. The predicted octanol–water partition coefficient (Wildman–Crippen LogP) is 1.26. The molecule has 15 heavy (non-hydrogen) atoms. The Labute approximate surface area is 90.1 Å². The molecule has 1 aromatic rings. The first-order valence-corrected chi connectivity index (χ1v) is 5.33. The molecule has 3 heteroatoms. The van der Waals surface area contributed by atoms with Crippen molar-refractivity contribution in [3.63, 3.8) is 0 Å². The number of fused-ring (bicyclic) bond motifs is 1. The quantitative estimate of drug-likeness (QED) is 0.784. The minimum absolute atomic E-state index is 0.261. The molecule has 0 radical (unpaired) electrons. The Morgan fingerprint density at radius 3 is 3.13 bits per heavy atom. The molecule has 2 atom stereocenters. The minimum atomic E-state index is -0.434. The fraction of sp³-hybridized carbons (Fsp3) is 0.500. The first-order valence-electron chi connectivity index (χ1n) is 5.33. The van der Waals surface area contributed by atoms with Gasteiger partial charge in [-0.3, -0.25) is 0 Å². The van der Waals surface area contributed by atoms with Crippen LogP contribution in [0.4, 0.5) is 0 Å². The summed E-state index contributed by atoms with van der Waals surface area (Å²) >= 11 is 0. The highest BCUT2D eigenvalue weighted by molar-refractivity contribution is 5.41. The van der Waals surface area contributed by atoms with Crippen LogP contribution in [0.1, 0.15) is 24.2 Å². The highest BCUT2D eigenvalue weighted by Crippen LogP contribution is 2.30. The number of likely N-dealkylation sites (N-methyl/N-ethyl adjacent to an activating group) is 1. The van der Waals surface area contributed by atoms with E-state index in [1.807, 2.05) is 25.2 Å². The number of aliphatic hydroxyl groups is 1. The van der Waals surface area contributed by atoms with Crippen LogP contribution < -0.4 is 10.1 Å². The molecule has 1 aromatic carbocycles. The second-order valence-corrected chi connectivity index (χ2v) is 4.07. The maximum atomic E-state index is 9.81. The standard InChI is InChI=1S/C12H17NO2/c1-8-5-10-6-9(11(14)7-13-2)3-4-12(10)15-8/h3-4,6,8,11,13-14H,5,7H2,1-2H3. The van der Waals surface area contributed by atoms with Crippen molar-refractivity contribution in [1.82, 2.24) is 5.32 Å². The molecule has 3 nitrogen and oxygen atoms in total. The van der Waals surface area contributed by atoms with Crippen molar-refractivity contribution in [2.45, 2.75) is 25.6 Å². The summed E-state index contributed by atoms with van der Waals surface area (Å²) in [7, 11) is 1.84. The van der Waals surface area contributed by atoms with E-state index in [0.717, 1.165) is 17.7 Å². The highest BCUT2D eigenvalue weighted by Gasteiger charge is 2.20. The second kappa shape index (κ2) is 4.21. The van der Waals surface area contributed by atoms with Crippen molar-refractivity contribution in [2.75, 3.05) is 13.6 Å². The lowest BCUT2D eigenvalue weighted by Gasteiger charge is -2.11. The van der Waals surface area contributed by atoms with Crippen LogP contribution in [-0.4, -0.2) is 24.8 Å². The van der Waals surface area contributed by atoms with Crippen molar-refractivity contribution in [3.05, 3.63) is 29.3 Å². The van der Waals surface area contributed by atoms with E-state index in [-0.39, 0.29) is 6.10 Å². The Hall–Kier alpha value is -1.06. The lowest BCUT2D eigenvalue weighted by atomic mass is 10.0. The number of aliphatic hydroxyl groups excluding tert-OH is 1. The summed E-state index contributed by atoms with van der Waals surface area (Å²) in [5, 5.41) is 12.8. The molecule has 0 bridgehead atoms. The first kappa shape index (κ1) is 10.5. The van der Waals surface area contributed by atoms with Gasteiger partial charge in [0.15, 0.2) is 0 Å². The molecule has 1 aliphatic heterocycles. The van der Waals surface area contributed by atoms with Crippen molar-refractivity contribution < 1.29 is 9.84 Å². The van der Waals surface area contributed by atoms with Crippen LogP contribution in [0.3, 0.4) is 0 Å². The van der Waals surface area contributed by atoms with Gasteiger partial charge in [0.1, 0.15) is 11.9 Å². The van der Waals surface area contributed by atoms with E-state index in [4.69, 9.17) is 4.74 Å². The normalized spacial score (nSPS) is 20.9. The Morgan fingerprint density at radius 2 is 2.40 bits per heavy atom.